The summed E-state index contributed by atoms with van der Waals surface area (Å²) in [7, 11) is 0. The molecule has 2 amide bonds. The van der Waals surface area contributed by atoms with Crippen molar-refractivity contribution in [2.75, 3.05) is 25.0 Å². The Hall–Kier alpha value is -2.09. The van der Waals surface area contributed by atoms with Crippen LogP contribution in [0.4, 0.5) is 10.5 Å². The Morgan fingerprint density at radius 3 is 3.11 bits per heavy atom. The summed E-state index contributed by atoms with van der Waals surface area (Å²) < 4.78 is 6.60. The predicted octanol–water partition coefficient (Wildman–Crippen LogP) is 0.220. The number of nitrogens with one attached hydrogen (secondary N) is 1. The van der Waals surface area contributed by atoms with Crippen molar-refractivity contribution in [3.8, 4) is 0 Å². The molecule has 0 spiro atoms. The lowest BCUT2D eigenvalue weighted by atomic mass is 10.3. The van der Waals surface area contributed by atoms with Crippen molar-refractivity contribution in [1.82, 2.24) is 14.7 Å². The lowest BCUT2D eigenvalue weighted by Crippen LogP contribution is -2.46. The number of carboxylic acids is 1. The highest BCUT2D eigenvalue weighted by molar-refractivity contribution is 5.89. The van der Waals surface area contributed by atoms with Gasteiger partial charge in [-0.3, -0.25) is 9.48 Å². The van der Waals surface area contributed by atoms with Gasteiger partial charge in [0.15, 0.2) is 0 Å². The average molecular weight is 268 g/mol. The zero-order valence-corrected chi connectivity index (χ0v) is 10.6. The second-order valence-corrected chi connectivity index (χ2v) is 4.38. The fourth-order valence-corrected chi connectivity index (χ4v) is 1.86. The van der Waals surface area contributed by atoms with E-state index in [0.717, 1.165) is 0 Å². The number of ether oxygens (including phenoxy) is 1. The maximum absolute atomic E-state index is 12.0. The summed E-state index contributed by atoms with van der Waals surface area (Å²) in [6, 6.07) is -0.231. The van der Waals surface area contributed by atoms with Crippen LogP contribution in [0.1, 0.15) is 6.92 Å². The fourth-order valence-electron chi connectivity index (χ4n) is 1.86. The van der Waals surface area contributed by atoms with Crippen molar-refractivity contribution < 1.29 is 19.4 Å². The number of hydrogen-bond acceptors (Lipinski definition) is 4. The molecule has 1 unspecified atom stereocenters. The third-order valence-electron chi connectivity index (χ3n) is 2.71. The molecule has 1 aliphatic rings. The Bertz CT molecular complexity index is 473. The number of carbonyl (C=O) groups excluding carboxylic acids is 1. The number of nitrogens with zero attached hydrogens (tertiary/aromatic N) is 3. The summed E-state index contributed by atoms with van der Waals surface area (Å²) in [6.07, 6.45) is 2.93. The van der Waals surface area contributed by atoms with Gasteiger partial charge >= 0.3 is 12.0 Å². The minimum atomic E-state index is -0.983. The van der Waals surface area contributed by atoms with Crippen molar-refractivity contribution in [2.45, 2.75) is 19.6 Å². The van der Waals surface area contributed by atoms with Gasteiger partial charge in [-0.25, -0.2) is 4.79 Å². The molecule has 2 N–H and O–H groups in total. The van der Waals surface area contributed by atoms with Crippen molar-refractivity contribution in [2.24, 2.45) is 0 Å². The molecule has 1 aliphatic heterocycles. The van der Waals surface area contributed by atoms with Gasteiger partial charge in [0.05, 0.1) is 24.6 Å². The molecular formula is C11H16N4O4. The van der Waals surface area contributed by atoms with Crippen molar-refractivity contribution >= 4 is 17.7 Å². The number of carboxylic acid groups (broad SMARTS) is 1. The molecule has 0 radical (unpaired) electrons. The molecule has 2 rings (SSSR count). The first kappa shape index (κ1) is 13.3. The molecule has 0 bridgehead atoms. The minimum absolute atomic E-state index is 0.0224. The van der Waals surface area contributed by atoms with Gasteiger partial charge in [-0.05, 0) is 6.92 Å². The molecule has 0 aromatic carbocycles. The molecule has 104 valence electrons. The van der Waals surface area contributed by atoms with Crippen LogP contribution < -0.4 is 5.32 Å². The van der Waals surface area contributed by atoms with E-state index in [-0.39, 0.29) is 18.7 Å². The number of hydrogen-bond donors (Lipinski definition) is 2. The summed E-state index contributed by atoms with van der Waals surface area (Å²) in [5, 5.41) is 15.1. The number of morpholine rings is 1. The van der Waals surface area contributed by atoms with Crippen LogP contribution in [0.5, 0.6) is 0 Å². The van der Waals surface area contributed by atoms with E-state index < -0.39 is 5.97 Å². The van der Waals surface area contributed by atoms with Crippen molar-refractivity contribution in [3.63, 3.8) is 0 Å². The lowest BCUT2D eigenvalue weighted by molar-refractivity contribution is -0.137. The summed E-state index contributed by atoms with van der Waals surface area (Å²) in [5.74, 6) is -0.983. The van der Waals surface area contributed by atoms with Crippen LogP contribution in [0.15, 0.2) is 12.4 Å². The van der Waals surface area contributed by atoms with Gasteiger partial charge in [0, 0.05) is 19.3 Å². The van der Waals surface area contributed by atoms with E-state index in [2.05, 4.69) is 10.4 Å². The summed E-state index contributed by atoms with van der Waals surface area (Å²) in [5.41, 5.74) is 0.477. The Morgan fingerprint density at radius 2 is 2.42 bits per heavy atom. The molecule has 1 aromatic heterocycles. The van der Waals surface area contributed by atoms with Gasteiger partial charge in [-0.15, -0.1) is 0 Å². The van der Waals surface area contributed by atoms with Crippen LogP contribution >= 0.6 is 0 Å². The fraction of sp³-hybridized carbons (Fsp3) is 0.545. The van der Waals surface area contributed by atoms with Gasteiger partial charge in [0.2, 0.25) is 0 Å². The molecule has 8 nitrogen and oxygen atoms in total. The van der Waals surface area contributed by atoms with Crippen LogP contribution in [0.3, 0.4) is 0 Å². The first-order valence-electron chi connectivity index (χ1n) is 5.96. The second-order valence-electron chi connectivity index (χ2n) is 4.38. The molecule has 1 saturated heterocycles. The zero-order valence-electron chi connectivity index (χ0n) is 10.6. The Balaban J connectivity index is 1.91. The maximum Gasteiger partial charge on any atom is 0.325 e. The van der Waals surface area contributed by atoms with E-state index in [1.165, 1.54) is 17.1 Å². The Kier molecular flexibility index (Phi) is 4.00. The van der Waals surface area contributed by atoms with Gasteiger partial charge in [0.25, 0.3) is 0 Å². The number of aliphatic carboxylic acids is 1. The van der Waals surface area contributed by atoms with E-state index in [4.69, 9.17) is 9.84 Å². The van der Waals surface area contributed by atoms with Crippen LogP contribution in [0, 0.1) is 0 Å². The normalized spacial score (nSPS) is 19.2. The van der Waals surface area contributed by atoms with Gasteiger partial charge < -0.3 is 20.1 Å². The van der Waals surface area contributed by atoms with E-state index in [9.17, 15) is 9.59 Å². The number of rotatable bonds is 3. The van der Waals surface area contributed by atoms with Gasteiger partial charge in [-0.1, -0.05) is 0 Å². The highest BCUT2D eigenvalue weighted by Crippen LogP contribution is 2.09. The summed E-state index contributed by atoms with van der Waals surface area (Å²) in [4.78, 5) is 24.1. The van der Waals surface area contributed by atoms with E-state index in [1.54, 1.807) is 4.90 Å². The molecule has 19 heavy (non-hydrogen) atoms. The first-order chi connectivity index (χ1) is 9.04. The van der Waals surface area contributed by atoms with Gasteiger partial charge in [-0.2, -0.15) is 5.10 Å². The highest BCUT2D eigenvalue weighted by Gasteiger charge is 2.21. The molecule has 8 heteroatoms. The Morgan fingerprint density at radius 1 is 1.63 bits per heavy atom. The van der Waals surface area contributed by atoms with Crippen molar-refractivity contribution in [1.29, 1.82) is 0 Å². The number of amides is 2. The van der Waals surface area contributed by atoms with Crippen LogP contribution in [0.25, 0.3) is 0 Å². The van der Waals surface area contributed by atoms with E-state index in [1.807, 2.05) is 6.92 Å². The smallest absolute Gasteiger partial charge is 0.325 e. The summed E-state index contributed by atoms with van der Waals surface area (Å²) >= 11 is 0. The molecule has 0 saturated carbocycles. The quantitative estimate of drug-likeness (QED) is 0.817. The van der Waals surface area contributed by atoms with Crippen LogP contribution in [0.2, 0.25) is 0 Å². The predicted molar refractivity (Wildman–Crippen MR) is 65.9 cm³/mol. The minimum Gasteiger partial charge on any atom is -0.480 e. The van der Waals surface area contributed by atoms with E-state index in [0.29, 0.717) is 25.4 Å². The monoisotopic (exact) mass is 268 g/mol. The zero-order chi connectivity index (χ0) is 13.8. The largest absolute Gasteiger partial charge is 0.480 e. The topological polar surface area (TPSA) is 96.7 Å². The summed E-state index contributed by atoms with van der Waals surface area (Å²) in [6.45, 7) is 3.27. The third kappa shape index (κ3) is 3.68. The third-order valence-corrected chi connectivity index (χ3v) is 2.71. The van der Waals surface area contributed by atoms with E-state index >= 15 is 0 Å². The number of aromatic nitrogens is 2. The number of anilines is 1. The molecule has 1 aromatic rings. The second kappa shape index (κ2) is 5.70. The highest BCUT2D eigenvalue weighted by atomic mass is 16.5. The maximum atomic E-state index is 12.0. The van der Waals surface area contributed by atoms with Crippen LogP contribution in [-0.4, -0.2) is 57.6 Å². The SMILES string of the molecule is CC1CN(C(=O)Nc2cnn(CC(=O)O)c2)CCO1. The first-order valence-corrected chi connectivity index (χ1v) is 5.96. The molecule has 1 atom stereocenters. The number of urea groups is 1. The van der Waals surface area contributed by atoms with Crippen LogP contribution in [-0.2, 0) is 16.1 Å². The molecular weight excluding hydrogens is 252 g/mol. The lowest BCUT2D eigenvalue weighted by Gasteiger charge is -2.30. The molecule has 0 aliphatic carbocycles. The average Bonchev–Trinajstić information content (AvgIpc) is 2.75. The standard InChI is InChI=1S/C11H16N4O4/c1-8-5-14(2-3-19-8)11(18)13-9-4-12-15(6-9)7-10(16)17/h4,6,8H,2-3,5,7H2,1H3,(H,13,18)(H,16,17). The molecule has 2 heterocycles. The molecule has 1 fully saturated rings. The Labute approximate surface area is 109 Å². The van der Waals surface area contributed by atoms with Gasteiger partial charge in [0.1, 0.15) is 6.54 Å². The number of carbonyl (C=O) groups is 2. The van der Waals surface area contributed by atoms with Crippen molar-refractivity contribution in [3.05, 3.63) is 12.4 Å².